The molecular formula is C12H14N2O9S. The maximum atomic E-state index is 12.1. The number of H-pyrrole nitrogens is 1. The molecule has 3 rings (SSSR count). The SMILES string of the molecule is Cc1cn(C2OC3COC(=O)C3(OS(C)(=O)=O)C2O)c(=O)[nH]c1=O. The van der Waals surface area contributed by atoms with Crippen LogP contribution in [0.3, 0.4) is 0 Å². The van der Waals surface area contributed by atoms with Crippen molar-refractivity contribution >= 4 is 16.1 Å². The Bertz CT molecular complexity index is 917. The minimum absolute atomic E-state index is 0.156. The van der Waals surface area contributed by atoms with Crippen molar-refractivity contribution in [3.8, 4) is 0 Å². The van der Waals surface area contributed by atoms with Crippen LogP contribution < -0.4 is 11.2 Å². The number of hydrogen-bond donors (Lipinski definition) is 2. The zero-order valence-electron chi connectivity index (χ0n) is 12.6. The van der Waals surface area contributed by atoms with Gasteiger partial charge in [0.1, 0.15) is 18.8 Å². The fourth-order valence-electron chi connectivity index (χ4n) is 2.81. The maximum absolute atomic E-state index is 12.1. The van der Waals surface area contributed by atoms with Gasteiger partial charge in [-0.1, -0.05) is 0 Å². The van der Waals surface area contributed by atoms with E-state index in [4.69, 9.17) is 13.7 Å². The monoisotopic (exact) mass is 362 g/mol. The Labute approximate surface area is 134 Å². The van der Waals surface area contributed by atoms with Gasteiger partial charge in [-0.2, -0.15) is 8.42 Å². The lowest BCUT2D eigenvalue weighted by atomic mass is 9.94. The number of fused-ring (bicyclic) bond motifs is 1. The van der Waals surface area contributed by atoms with Crippen LogP contribution in [-0.2, 0) is 28.6 Å². The smallest absolute Gasteiger partial charge is 0.345 e. The van der Waals surface area contributed by atoms with Crippen LogP contribution in [0.15, 0.2) is 15.8 Å². The van der Waals surface area contributed by atoms with E-state index in [1.807, 2.05) is 4.98 Å². The third-order valence-corrected chi connectivity index (χ3v) is 4.46. The van der Waals surface area contributed by atoms with Crippen molar-refractivity contribution < 1.29 is 32.0 Å². The number of nitrogens with zero attached hydrogens (tertiary/aromatic N) is 1. The summed E-state index contributed by atoms with van der Waals surface area (Å²) in [6.07, 6.45) is -2.68. The van der Waals surface area contributed by atoms with E-state index in [2.05, 4.69) is 0 Å². The van der Waals surface area contributed by atoms with Gasteiger partial charge in [0, 0.05) is 11.8 Å². The number of nitrogens with one attached hydrogen (secondary N) is 1. The summed E-state index contributed by atoms with van der Waals surface area (Å²) < 4.78 is 38.9. The Balaban J connectivity index is 2.10. The largest absolute Gasteiger partial charge is 0.460 e. The highest BCUT2D eigenvalue weighted by molar-refractivity contribution is 7.86. The molecule has 12 heteroatoms. The van der Waals surface area contributed by atoms with E-state index in [9.17, 15) is 27.9 Å². The number of aliphatic hydroxyl groups is 1. The van der Waals surface area contributed by atoms with Crippen molar-refractivity contribution in [2.75, 3.05) is 12.9 Å². The van der Waals surface area contributed by atoms with Crippen LogP contribution in [-0.4, -0.2) is 59.7 Å². The molecule has 0 spiro atoms. The normalized spacial score (nSPS) is 32.6. The Morgan fingerprint density at radius 2 is 2.08 bits per heavy atom. The van der Waals surface area contributed by atoms with Crippen LogP contribution >= 0.6 is 0 Å². The molecule has 2 N–H and O–H groups in total. The molecule has 11 nitrogen and oxygen atoms in total. The van der Waals surface area contributed by atoms with Crippen LogP contribution in [0.1, 0.15) is 11.8 Å². The van der Waals surface area contributed by atoms with Gasteiger partial charge >= 0.3 is 11.7 Å². The third-order valence-electron chi connectivity index (χ3n) is 3.89. The van der Waals surface area contributed by atoms with Gasteiger partial charge < -0.3 is 14.6 Å². The third kappa shape index (κ3) is 2.38. The summed E-state index contributed by atoms with van der Waals surface area (Å²) in [6.45, 7) is 1.08. The number of rotatable bonds is 3. The van der Waals surface area contributed by atoms with E-state index in [-0.39, 0.29) is 12.2 Å². The molecule has 0 amide bonds. The quantitative estimate of drug-likeness (QED) is 0.434. The van der Waals surface area contributed by atoms with Crippen LogP contribution in [0.2, 0.25) is 0 Å². The Kier molecular flexibility index (Phi) is 3.67. The number of aryl methyl sites for hydroxylation is 1. The van der Waals surface area contributed by atoms with Gasteiger partial charge in [-0.25, -0.2) is 13.8 Å². The minimum atomic E-state index is -4.15. The average molecular weight is 362 g/mol. The molecule has 2 aliphatic heterocycles. The molecular weight excluding hydrogens is 348 g/mol. The van der Waals surface area contributed by atoms with Crippen molar-refractivity contribution in [2.24, 2.45) is 0 Å². The van der Waals surface area contributed by atoms with Crippen molar-refractivity contribution in [1.82, 2.24) is 9.55 Å². The van der Waals surface area contributed by atoms with E-state index in [0.717, 1.165) is 10.8 Å². The fourth-order valence-corrected chi connectivity index (χ4v) is 3.58. The zero-order valence-corrected chi connectivity index (χ0v) is 13.4. The molecule has 0 aliphatic carbocycles. The summed E-state index contributed by atoms with van der Waals surface area (Å²) >= 11 is 0. The molecule has 2 aliphatic rings. The minimum Gasteiger partial charge on any atom is -0.460 e. The number of aromatic amines is 1. The molecule has 4 atom stereocenters. The van der Waals surface area contributed by atoms with Crippen LogP contribution in [0.5, 0.6) is 0 Å². The Hall–Kier alpha value is -2.02. The van der Waals surface area contributed by atoms with Gasteiger partial charge in [0.2, 0.25) is 5.60 Å². The van der Waals surface area contributed by atoms with E-state index < -0.39 is 51.4 Å². The average Bonchev–Trinajstić information content (AvgIpc) is 2.89. The number of aliphatic hydroxyl groups excluding tert-OH is 1. The molecule has 24 heavy (non-hydrogen) atoms. The van der Waals surface area contributed by atoms with Crippen LogP contribution in [0.4, 0.5) is 0 Å². The number of esters is 1. The zero-order chi connectivity index (χ0) is 17.9. The van der Waals surface area contributed by atoms with Gasteiger partial charge in [0.25, 0.3) is 15.7 Å². The summed E-state index contributed by atoms with van der Waals surface area (Å²) in [4.78, 5) is 37.5. The molecule has 0 saturated carbocycles. The summed E-state index contributed by atoms with van der Waals surface area (Å²) in [5.74, 6) is -1.11. The van der Waals surface area contributed by atoms with E-state index >= 15 is 0 Å². The number of cyclic esters (lactones) is 1. The van der Waals surface area contributed by atoms with Crippen molar-refractivity contribution in [3.05, 3.63) is 32.6 Å². The lowest BCUT2D eigenvalue weighted by Gasteiger charge is -2.26. The van der Waals surface area contributed by atoms with E-state index in [0.29, 0.717) is 6.26 Å². The first kappa shape index (κ1) is 16.8. The first-order chi connectivity index (χ1) is 11.1. The van der Waals surface area contributed by atoms with Gasteiger partial charge in [-0.15, -0.1) is 0 Å². The first-order valence-corrected chi connectivity index (χ1v) is 8.61. The van der Waals surface area contributed by atoms with Crippen molar-refractivity contribution in [2.45, 2.75) is 31.0 Å². The van der Waals surface area contributed by atoms with Gasteiger partial charge in [-0.05, 0) is 6.92 Å². The highest BCUT2D eigenvalue weighted by atomic mass is 32.2. The standard InChI is InChI=1S/C12H14N2O9S/c1-5-3-14(11(18)13-8(5)16)9-7(15)12(23-24(2,19)20)6(22-9)4-21-10(12)17/h3,6-7,9,15H,4H2,1-2H3,(H,13,16,18). The number of aromatic nitrogens is 2. The molecule has 1 aromatic rings. The van der Waals surface area contributed by atoms with Gasteiger partial charge in [0.05, 0.1) is 6.26 Å². The van der Waals surface area contributed by atoms with E-state index in [1.54, 1.807) is 0 Å². The van der Waals surface area contributed by atoms with Crippen LogP contribution in [0, 0.1) is 6.92 Å². The number of carbonyl (C=O) groups excluding carboxylic acids is 1. The second kappa shape index (κ2) is 5.24. The van der Waals surface area contributed by atoms with Crippen LogP contribution in [0.25, 0.3) is 0 Å². The fraction of sp³-hybridized carbons (Fsp3) is 0.583. The lowest BCUT2D eigenvalue weighted by molar-refractivity contribution is -0.159. The van der Waals surface area contributed by atoms with E-state index in [1.165, 1.54) is 6.92 Å². The van der Waals surface area contributed by atoms with Gasteiger partial charge in [-0.3, -0.25) is 14.3 Å². The second-order valence-corrected chi connectivity index (χ2v) is 7.19. The molecule has 2 fully saturated rings. The lowest BCUT2D eigenvalue weighted by Crippen LogP contribution is -2.54. The maximum Gasteiger partial charge on any atom is 0.345 e. The summed E-state index contributed by atoms with van der Waals surface area (Å²) in [5, 5.41) is 10.5. The summed E-state index contributed by atoms with van der Waals surface area (Å²) in [7, 11) is -4.15. The highest BCUT2D eigenvalue weighted by Crippen LogP contribution is 2.44. The Morgan fingerprint density at radius 3 is 2.71 bits per heavy atom. The summed E-state index contributed by atoms with van der Waals surface area (Å²) in [6, 6.07) is 0. The van der Waals surface area contributed by atoms with Crippen molar-refractivity contribution in [1.29, 1.82) is 0 Å². The molecule has 0 bridgehead atoms. The Morgan fingerprint density at radius 1 is 1.42 bits per heavy atom. The molecule has 4 unspecified atom stereocenters. The van der Waals surface area contributed by atoms with Gasteiger partial charge in [0.15, 0.2) is 6.23 Å². The predicted molar refractivity (Wildman–Crippen MR) is 75.6 cm³/mol. The van der Waals surface area contributed by atoms with Crippen molar-refractivity contribution in [3.63, 3.8) is 0 Å². The molecule has 2 saturated heterocycles. The molecule has 0 aromatic carbocycles. The second-order valence-electron chi connectivity index (χ2n) is 5.62. The first-order valence-electron chi connectivity index (χ1n) is 6.79. The predicted octanol–water partition coefficient (Wildman–Crippen LogP) is -2.62. The molecule has 1 aromatic heterocycles. The molecule has 3 heterocycles. The molecule has 0 radical (unpaired) electrons. The number of carbonyl (C=O) groups is 1. The summed E-state index contributed by atoms with van der Waals surface area (Å²) in [5.41, 5.74) is -3.66. The number of ether oxygens (including phenoxy) is 2. The topological polar surface area (TPSA) is 154 Å². The highest BCUT2D eigenvalue weighted by Gasteiger charge is 2.69. The molecule has 132 valence electrons. The number of hydrogen-bond acceptors (Lipinski definition) is 9.